The number of carbonyl (C=O) groups is 1. The topological polar surface area (TPSA) is 90.7 Å². The van der Waals surface area contributed by atoms with E-state index in [-0.39, 0.29) is 6.03 Å². The van der Waals surface area contributed by atoms with Crippen LogP contribution in [0.25, 0.3) is 10.9 Å². The molecule has 3 aromatic rings. The maximum atomic E-state index is 12.4. The van der Waals surface area contributed by atoms with Crippen LogP contribution in [0.4, 0.5) is 10.5 Å². The average Bonchev–Trinajstić information content (AvgIpc) is 3.25. The Kier molecular flexibility index (Phi) is 8.05. The van der Waals surface area contributed by atoms with Crippen LogP contribution in [0.3, 0.4) is 0 Å². The third kappa shape index (κ3) is 6.63. The summed E-state index contributed by atoms with van der Waals surface area (Å²) in [5.41, 5.74) is 2.79. The van der Waals surface area contributed by atoms with E-state index < -0.39 is 0 Å². The number of aromatic amines is 1. The SMILES string of the molecule is CCCOc1cc(NC(=O)NCCN2CCNCC2)cc(OCc2c[nH]c3ccccc23)c1. The first-order valence-electron chi connectivity index (χ1n) is 11.6. The second-order valence-corrected chi connectivity index (χ2v) is 8.16. The highest BCUT2D eigenvalue weighted by Crippen LogP contribution is 2.28. The summed E-state index contributed by atoms with van der Waals surface area (Å²) in [5.74, 6) is 1.31. The molecule has 0 radical (unpaired) electrons. The van der Waals surface area contributed by atoms with Gasteiger partial charge in [-0.2, -0.15) is 0 Å². The highest BCUT2D eigenvalue weighted by Gasteiger charge is 2.11. The van der Waals surface area contributed by atoms with Crippen LogP contribution in [-0.2, 0) is 6.61 Å². The van der Waals surface area contributed by atoms with Crippen molar-refractivity contribution in [2.75, 3.05) is 51.2 Å². The van der Waals surface area contributed by atoms with Crippen LogP contribution in [0.1, 0.15) is 18.9 Å². The fourth-order valence-electron chi connectivity index (χ4n) is 3.88. The predicted octanol–water partition coefficient (Wildman–Crippen LogP) is 3.56. The van der Waals surface area contributed by atoms with E-state index in [2.05, 4.69) is 38.8 Å². The van der Waals surface area contributed by atoms with Crippen molar-refractivity contribution < 1.29 is 14.3 Å². The van der Waals surface area contributed by atoms with Crippen molar-refractivity contribution in [1.82, 2.24) is 20.5 Å². The number of ether oxygens (including phenoxy) is 2. The number of rotatable bonds is 10. The van der Waals surface area contributed by atoms with E-state index >= 15 is 0 Å². The van der Waals surface area contributed by atoms with Crippen molar-refractivity contribution in [3.63, 3.8) is 0 Å². The molecular formula is C25H33N5O3. The number of anilines is 1. The molecule has 0 unspecified atom stereocenters. The lowest BCUT2D eigenvalue weighted by Crippen LogP contribution is -2.46. The molecule has 1 saturated heterocycles. The summed E-state index contributed by atoms with van der Waals surface area (Å²) in [5, 5.41) is 10.3. The molecule has 1 aliphatic rings. The first kappa shape index (κ1) is 22.9. The number of carbonyl (C=O) groups excluding carboxylic acids is 1. The highest BCUT2D eigenvalue weighted by atomic mass is 16.5. The van der Waals surface area contributed by atoms with Crippen LogP contribution in [0.15, 0.2) is 48.7 Å². The fourth-order valence-corrected chi connectivity index (χ4v) is 3.88. The average molecular weight is 452 g/mol. The Morgan fingerprint density at radius 2 is 1.88 bits per heavy atom. The number of hydrogen-bond acceptors (Lipinski definition) is 5. The molecule has 1 fully saturated rings. The van der Waals surface area contributed by atoms with Gasteiger partial charge in [0.1, 0.15) is 18.1 Å². The summed E-state index contributed by atoms with van der Waals surface area (Å²) in [4.78, 5) is 18.1. The molecule has 0 aliphatic carbocycles. The smallest absolute Gasteiger partial charge is 0.319 e. The van der Waals surface area contributed by atoms with E-state index in [9.17, 15) is 4.79 Å². The second kappa shape index (κ2) is 11.6. The van der Waals surface area contributed by atoms with Crippen molar-refractivity contribution >= 4 is 22.6 Å². The van der Waals surface area contributed by atoms with E-state index in [1.807, 2.05) is 42.6 Å². The molecule has 4 rings (SSSR count). The van der Waals surface area contributed by atoms with Crippen LogP contribution in [0.2, 0.25) is 0 Å². The lowest BCUT2D eigenvalue weighted by molar-refractivity contribution is 0.233. The van der Waals surface area contributed by atoms with E-state index in [1.54, 1.807) is 0 Å². The normalized spacial score (nSPS) is 14.2. The number of amides is 2. The van der Waals surface area contributed by atoms with Crippen LogP contribution in [0.5, 0.6) is 11.5 Å². The van der Waals surface area contributed by atoms with Gasteiger partial charge in [0, 0.05) is 85.8 Å². The molecule has 1 aliphatic heterocycles. The summed E-state index contributed by atoms with van der Waals surface area (Å²) in [6.45, 7) is 8.53. The van der Waals surface area contributed by atoms with Gasteiger partial charge in [0.25, 0.3) is 0 Å². The lowest BCUT2D eigenvalue weighted by atomic mass is 10.2. The first-order valence-corrected chi connectivity index (χ1v) is 11.6. The van der Waals surface area contributed by atoms with Gasteiger partial charge in [-0.25, -0.2) is 4.79 Å². The molecule has 4 N–H and O–H groups in total. The molecule has 176 valence electrons. The minimum absolute atomic E-state index is 0.236. The van der Waals surface area contributed by atoms with Crippen LogP contribution < -0.4 is 25.4 Å². The predicted molar refractivity (Wildman–Crippen MR) is 131 cm³/mol. The van der Waals surface area contributed by atoms with Gasteiger partial charge in [0.2, 0.25) is 0 Å². The summed E-state index contributed by atoms with van der Waals surface area (Å²) < 4.78 is 11.9. The largest absolute Gasteiger partial charge is 0.493 e. The fraction of sp³-hybridized carbons (Fsp3) is 0.400. The van der Waals surface area contributed by atoms with Gasteiger partial charge in [-0.05, 0) is 12.5 Å². The number of H-pyrrole nitrogens is 1. The Hall–Kier alpha value is -3.23. The van der Waals surface area contributed by atoms with Gasteiger partial charge in [-0.15, -0.1) is 0 Å². The molecule has 8 heteroatoms. The van der Waals surface area contributed by atoms with Crippen molar-refractivity contribution in [1.29, 1.82) is 0 Å². The molecule has 1 aromatic heterocycles. The maximum Gasteiger partial charge on any atom is 0.319 e. The summed E-state index contributed by atoms with van der Waals surface area (Å²) in [7, 11) is 0. The Morgan fingerprint density at radius 1 is 1.09 bits per heavy atom. The number of urea groups is 1. The zero-order valence-electron chi connectivity index (χ0n) is 19.2. The number of nitrogens with zero attached hydrogens (tertiary/aromatic N) is 1. The van der Waals surface area contributed by atoms with Gasteiger partial charge in [-0.1, -0.05) is 25.1 Å². The van der Waals surface area contributed by atoms with E-state index in [0.29, 0.717) is 36.9 Å². The third-order valence-electron chi connectivity index (χ3n) is 5.60. The van der Waals surface area contributed by atoms with E-state index in [4.69, 9.17) is 9.47 Å². The first-order chi connectivity index (χ1) is 16.2. The number of nitrogens with one attached hydrogen (secondary N) is 4. The molecular weight excluding hydrogens is 418 g/mol. The van der Waals surface area contributed by atoms with Crippen LogP contribution in [0, 0.1) is 0 Å². The van der Waals surface area contributed by atoms with Gasteiger partial charge < -0.3 is 30.4 Å². The van der Waals surface area contributed by atoms with Gasteiger partial charge >= 0.3 is 6.03 Å². The third-order valence-corrected chi connectivity index (χ3v) is 5.60. The van der Waals surface area contributed by atoms with Gasteiger partial charge in [0.15, 0.2) is 0 Å². The Balaban J connectivity index is 1.36. The van der Waals surface area contributed by atoms with Gasteiger partial charge in [0.05, 0.1) is 6.61 Å². The molecule has 2 aromatic carbocycles. The number of piperazine rings is 1. The summed E-state index contributed by atoms with van der Waals surface area (Å²) >= 11 is 0. The highest BCUT2D eigenvalue weighted by molar-refractivity contribution is 5.89. The second-order valence-electron chi connectivity index (χ2n) is 8.16. The standard InChI is InChI=1S/C25H33N5O3/c1-2-13-32-21-14-20(29-25(31)27-9-12-30-10-7-26-8-11-30)15-22(16-21)33-18-19-17-28-24-6-4-3-5-23(19)24/h3-6,14-17,26,28H,2,7-13,18H2,1H3,(H2,27,29,31). The quantitative estimate of drug-likeness (QED) is 0.378. The lowest BCUT2D eigenvalue weighted by Gasteiger charge is -2.27. The Labute approximate surface area is 194 Å². The maximum absolute atomic E-state index is 12.4. The monoisotopic (exact) mass is 451 g/mol. The van der Waals surface area contributed by atoms with E-state index in [0.717, 1.165) is 55.6 Å². The molecule has 0 bridgehead atoms. The molecule has 0 atom stereocenters. The van der Waals surface area contributed by atoms with Crippen LogP contribution >= 0.6 is 0 Å². The Morgan fingerprint density at radius 3 is 2.70 bits per heavy atom. The molecule has 2 heterocycles. The molecule has 0 saturated carbocycles. The van der Waals surface area contributed by atoms with Crippen molar-refractivity contribution in [3.05, 3.63) is 54.2 Å². The number of aromatic nitrogens is 1. The summed E-state index contributed by atoms with van der Waals surface area (Å²) in [6, 6.07) is 13.4. The van der Waals surface area contributed by atoms with Crippen LogP contribution in [-0.4, -0.2) is 61.8 Å². The van der Waals surface area contributed by atoms with Crippen molar-refractivity contribution in [2.24, 2.45) is 0 Å². The molecule has 33 heavy (non-hydrogen) atoms. The van der Waals surface area contributed by atoms with Crippen molar-refractivity contribution in [3.8, 4) is 11.5 Å². The minimum Gasteiger partial charge on any atom is -0.493 e. The summed E-state index contributed by atoms with van der Waals surface area (Å²) in [6.07, 6.45) is 2.86. The number of benzene rings is 2. The zero-order chi connectivity index (χ0) is 22.9. The van der Waals surface area contributed by atoms with E-state index in [1.165, 1.54) is 0 Å². The number of hydrogen-bond donors (Lipinski definition) is 4. The number of fused-ring (bicyclic) bond motifs is 1. The molecule has 0 spiro atoms. The Bertz CT molecular complexity index is 1050. The zero-order valence-corrected chi connectivity index (χ0v) is 19.2. The molecule has 2 amide bonds. The number of para-hydroxylation sites is 1. The minimum atomic E-state index is -0.236. The van der Waals surface area contributed by atoms with Gasteiger partial charge in [-0.3, -0.25) is 4.90 Å². The molecule has 8 nitrogen and oxygen atoms in total. The van der Waals surface area contributed by atoms with Crippen molar-refractivity contribution in [2.45, 2.75) is 20.0 Å².